The van der Waals surface area contributed by atoms with Crippen LogP contribution in [0.5, 0.6) is 0 Å². The van der Waals surface area contributed by atoms with Gasteiger partial charge in [-0.05, 0) is 19.4 Å². The number of rotatable bonds is 5. The number of carbonyl (C=O) groups excluding carboxylic acids is 1. The molecule has 0 aliphatic rings. The van der Waals surface area contributed by atoms with Crippen LogP contribution < -0.4 is 0 Å². The summed E-state index contributed by atoms with van der Waals surface area (Å²) in [6.45, 7) is 6.30. The molecule has 0 radical (unpaired) electrons. The molecule has 0 amide bonds. The van der Waals surface area contributed by atoms with Crippen molar-refractivity contribution in [1.29, 1.82) is 0 Å². The van der Waals surface area contributed by atoms with Crippen LogP contribution in [-0.4, -0.2) is 11.9 Å². The van der Waals surface area contributed by atoms with Gasteiger partial charge >= 0.3 is 0 Å². The van der Waals surface area contributed by atoms with Crippen LogP contribution in [0.3, 0.4) is 0 Å². The van der Waals surface area contributed by atoms with Crippen molar-refractivity contribution < 1.29 is 9.53 Å². The van der Waals surface area contributed by atoms with Crippen LogP contribution in [0.4, 0.5) is 0 Å². The van der Waals surface area contributed by atoms with Gasteiger partial charge in [0.25, 0.3) is 0 Å². The van der Waals surface area contributed by atoms with Crippen LogP contribution in [0.1, 0.15) is 26.3 Å². The van der Waals surface area contributed by atoms with E-state index in [0.717, 1.165) is 11.8 Å². The molecule has 1 rings (SSSR count). The molecule has 1 aromatic carbocycles. The highest BCUT2D eigenvalue weighted by Crippen LogP contribution is 2.20. The summed E-state index contributed by atoms with van der Waals surface area (Å²) in [7, 11) is 0. The molecular formula is C13H18O2. The van der Waals surface area contributed by atoms with Gasteiger partial charge in [0.05, 0.1) is 12.2 Å². The van der Waals surface area contributed by atoms with Gasteiger partial charge in [0.1, 0.15) is 6.29 Å². The van der Waals surface area contributed by atoms with Crippen LogP contribution >= 0.6 is 0 Å². The minimum Gasteiger partial charge on any atom is -0.370 e. The molecular weight excluding hydrogens is 188 g/mol. The van der Waals surface area contributed by atoms with Crippen molar-refractivity contribution in [2.75, 3.05) is 0 Å². The number of aldehydes is 1. The topological polar surface area (TPSA) is 26.3 Å². The van der Waals surface area contributed by atoms with Crippen LogP contribution in [0, 0.1) is 5.92 Å². The van der Waals surface area contributed by atoms with E-state index in [9.17, 15) is 4.79 Å². The average molecular weight is 206 g/mol. The summed E-state index contributed by atoms with van der Waals surface area (Å²) in [6, 6.07) is 9.97. The van der Waals surface area contributed by atoms with E-state index in [0.29, 0.717) is 6.61 Å². The molecule has 2 heteroatoms. The maximum Gasteiger partial charge on any atom is 0.125 e. The van der Waals surface area contributed by atoms with Crippen LogP contribution in [0.2, 0.25) is 0 Å². The first-order valence-corrected chi connectivity index (χ1v) is 5.19. The molecule has 0 aromatic heterocycles. The Hall–Kier alpha value is -1.15. The van der Waals surface area contributed by atoms with E-state index >= 15 is 0 Å². The third-order valence-electron chi connectivity index (χ3n) is 2.75. The fourth-order valence-corrected chi connectivity index (χ4v) is 1.14. The first-order chi connectivity index (χ1) is 7.06. The summed E-state index contributed by atoms with van der Waals surface area (Å²) in [5.41, 5.74) is 0.723. The minimum atomic E-state index is -0.405. The Morgan fingerprint density at radius 2 is 1.93 bits per heavy atom. The lowest BCUT2D eigenvalue weighted by molar-refractivity contribution is -0.123. The zero-order valence-corrected chi connectivity index (χ0v) is 9.57. The summed E-state index contributed by atoms with van der Waals surface area (Å²) < 4.78 is 5.74. The van der Waals surface area contributed by atoms with Gasteiger partial charge in [-0.3, -0.25) is 0 Å². The molecule has 0 aliphatic heterocycles. The summed E-state index contributed by atoms with van der Waals surface area (Å²) >= 11 is 0. The van der Waals surface area contributed by atoms with Crippen molar-refractivity contribution in [3.8, 4) is 0 Å². The Morgan fingerprint density at radius 3 is 2.47 bits per heavy atom. The minimum absolute atomic E-state index is 0.0961. The van der Waals surface area contributed by atoms with Crippen molar-refractivity contribution in [1.82, 2.24) is 0 Å². The fourth-order valence-electron chi connectivity index (χ4n) is 1.14. The number of carbonyl (C=O) groups is 1. The molecule has 0 saturated carbocycles. The molecule has 1 atom stereocenters. The second-order valence-electron chi connectivity index (χ2n) is 4.30. The van der Waals surface area contributed by atoms with E-state index in [4.69, 9.17) is 4.74 Å². The van der Waals surface area contributed by atoms with Gasteiger partial charge in [0.15, 0.2) is 0 Å². The molecule has 1 aromatic rings. The lowest BCUT2D eigenvalue weighted by Gasteiger charge is -2.28. The molecule has 15 heavy (non-hydrogen) atoms. The summed E-state index contributed by atoms with van der Waals surface area (Å²) in [5.74, 6) is -0.0961. The van der Waals surface area contributed by atoms with Crippen molar-refractivity contribution in [3.05, 3.63) is 35.9 Å². The van der Waals surface area contributed by atoms with Gasteiger partial charge in [-0.1, -0.05) is 37.3 Å². The van der Waals surface area contributed by atoms with Crippen molar-refractivity contribution in [2.45, 2.75) is 33.0 Å². The predicted octanol–water partition coefficient (Wildman–Crippen LogP) is 2.82. The third-order valence-corrected chi connectivity index (χ3v) is 2.75. The van der Waals surface area contributed by atoms with Crippen LogP contribution in [0.25, 0.3) is 0 Å². The van der Waals surface area contributed by atoms with E-state index in [-0.39, 0.29) is 5.92 Å². The quantitative estimate of drug-likeness (QED) is 0.692. The summed E-state index contributed by atoms with van der Waals surface area (Å²) in [6.07, 6.45) is 0.936. The number of ether oxygens (including phenoxy) is 1. The van der Waals surface area contributed by atoms with E-state index < -0.39 is 5.60 Å². The molecule has 0 unspecified atom stereocenters. The molecule has 0 spiro atoms. The fraction of sp³-hybridized carbons (Fsp3) is 0.462. The Labute approximate surface area is 91.3 Å². The van der Waals surface area contributed by atoms with E-state index in [1.807, 2.05) is 51.1 Å². The zero-order chi connectivity index (χ0) is 11.3. The third kappa shape index (κ3) is 3.48. The van der Waals surface area contributed by atoms with Gasteiger partial charge in [0.2, 0.25) is 0 Å². The van der Waals surface area contributed by atoms with Gasteiger partial charge in [0, 0.05) is 5.92 Å². The number of hydrogen-bond acceptors (Lipinski definition) is 2. The smallest absolute Gasteiger partial charge is 0.125 e. The molecule has 0 fully saturated rings. The molecule has 0 saturated heterocycles. The summed E-state index contributed by atoms with van der Waals surface area (Å²) in [4.78, 5) is 10.7. The van der Waals surface area contributed by atoms with Crippen LogP contribution in [0.15, 0.2) is 30.3 Å². The van der Waals surface area contributed by atoms with Crippen molar-refractivity contribution >= 4 is 6.29 Å². The molecule has 2 nitrogen and oxygen atoms in total. The second kappa shape index (κ2) is 5.08. The van der Waals surface area contributed by atoms with Crippen molar-refractivity contribution in [3.63, 3.8) is 0 Å². The Morgan fingerprint density at radius 1 is 1.33 bits per heavy atom. The second-order valence-corrected chi connectivity index (χ2v) is 4.30. The molecule has 0 aliphatic carbocycles. The highest BCUT2D eigenvalue weighted by molar-refractivity contribution is 5.54. The normalized spacial score (nSPS) is 13.5. The molecule has 0 heterocycles. The first kappa shape index (κ1) is 11.9. The SMILES string of the molecule is C[C@@H](C=O)C(C)(C)OCc1ccccc1. The van der Waals surface area contributed by atoms with Gasteiger partial charge in [-0.25, -0.2) is 0 Å². The Bertz CT molecular complexity index is 304. The van der Waals surface area contributed by atoms with Gasteiger partial charge in [-0.2, -0.15) is 0 Å². The highest BCUT2D eigenvalue weighted by atomic mass is 16.5. The molecule has 82 valence electrons. The Balaban J connectivity index is 2.53. The number of benzene rings is 1. The highest BCUT2D eigenvalue weighted by Gasteiger charge is 2.26. The number of hydrogen-bond donors (Lipinski definition) is 0. The largest absolute Gasteiger partial charge is 0.370 e. The zero-order valence-electron chi connectivity index (χ0n) is 9.57. The monoisotopic (exact) mass is 206 g/mol. The van der Waals surface area contributed by atoms with E-state index in [1.54, 1.807) is 0 Å². The lowest BCUT2D eigenvalue weighted by atomic mass is 9.94. The standard InChI is InChI=1S/C13H18O2/c1-11(9-14)13(2,3)15-10-12-7-5-4-6-8-12/h4-9,11H,10H2,1-3H3/t11-/m0/s1. The van der Waals surface area contributed by atoms with Gasteiger partial charge < -0.3 is 9.53 Å². The Kier molecular flexibility index (Phi) is 4.04. The van der Waals surface area contributed by atoms with Gasteiger partial charge in [-0.15, -0.1) is 0 Å². The maximum absolute atomic E-state index is 10.7. The lowest BCUT2D eigenvalue weighted by Crippen LogP contribution is -2.33. The first-order valence-electron chi connectivity index (χ1n) is 5.19. The van der Waals surface area contributed by atoms with E-state index in [1.165, 1.54) is 0 Å². The molecule has 0 bridgehead atoms. The average Bonchev–Trinajstić information content (AvgIpc) is 2.27. The molecule has 0 N–H and O–H groups in total. The van der Waals surface area contributed by atoms with E-state index in [2.05, 4.69) is 0 Å². The van der Waals surface area contributed by atoms with Crippen LogP contribution in [-0.2, 0) is 16.1 Å². The maximum atomic E-state index is 10.7. The predicted molar refractivity (Wildman–Crippen MR) is 60.5 cm³/mol. The van der Waals surface area contributed by atoms with Crippen molar-refractivity contribution in [2.24, 2.45) is 5.92 Å². The summed E-state index contributed by atoms with van der Waals surface area (Å²) in [5, 5.41) is 0.